The molecule has 2 rings (SSSR count). The van der Waals surface area contributed by atoms with E-state index in [2.05, 4.69) is 15.4 Å². The highest BCUT2D eigenvalue weighted by molar-refractivity contribution is 6.33. The first-order valence-corrected chi connectivity index (χ1v) is 10.6. The highest BCUT2D eigenvalue weighted by atomic mass is 35.5. The molecule has 0 aromatic heterocycles. The van der Waals surface area contributed by atoms with Gasteiger partial charge in [-0.2, -0.15) is 8.78 Å². The minimum atomic E-state index is -2.89. The van der Waals surface area contributed by atoms with Gasteiger partial charge in [0.1, 0.15) is 11.8 Å². The summed E-state index contributed by atoms with van der Waals surface area (Å²) in [6.07, 6.45) is 0.442. The van der Waals surface area contributed by atoms with E-state index in [4.69, 9.17) is 16.3 Å². The van der Waals surface area contributed by atoms with Crippen LogP contribution in [0.1, 0.15) is 29.8 Å². The second-order valence-corrected chi connectivity index (χ2v) is 7.81. The number of esters is 1. The van der Waals surface area contributed by atoms with E-state index in [9.17, 15) is 23.2 Å². The first kappa shape index (κ1) is 26.1. The number of nitrogens with one attached hydrogen (secondary N) is 2. The van der Waals surface area contributed by atoms with Crippen molar-refractivity contribution in [2.75, 3.05) is 13.2 Å². The predicted molar refractivity (Wildman–Crippen MR) is 118 cm³/mol. The summed E-state index contributed by atoms with van der Waals surface area (Å²) in [6, 6.07) is 11.5. The third-order valence-electron chi connectivity index (χ3n) is 4.56. The Balaban J connectivity index is 1.78. The van der Waals surface area contributed by atoms with Gasteiger partial charge in [-0.15, -0.1) is 0 Å². The van der Waals surface area contributed by atoms with Gasteiger partial charge < -0.3 is 20.1 Å². The van der Waals surface area contributed by atoms with E-state index in [1.54, 1.807) is 44.2 Å². The fourth-order valence-electron chi connectivity index (χ4n) is 2.82. The van der Waals surface area contributed by atoms with Crippen LogP contribution < -0.4 is 15.4 Å². The molecular formula is C23H25ClF2N2O5. The van der Waals surface area contributed by atoms with E-state index < -0.39 is 37.0 Å². The van der Waals surface area contributed by atoms with Crippen LogP contribution in [0.5, 0.6) is 5.75 Å². The maximum Gasteiger partial charge on any atom is 0.387 e. The summed E-state index contributed by atoms with van der Waals surface area (Å²) in [4.78, 5) is 36.9. The largest absolute Gasteiger partial charge is 0.454 e. The van der Waals surface area contributed by atoms with Crippen molar-refractivity contribution < 1.29 is 32.6 Å². The van der Waals surface area contributed by atoms with Crippen molar-refractivity contribution in [1.29, 1.82) is 0 Å². The lowest BCUT2D eigenvalue weighted by Gasteiger charge is -2.21. The molecule has 0 radical (unpaired) electrons. The van der Waals surface area contributed by atoms with Crippen LogP contribution in [0, 0.1) is 5.92 Å². The van der Waals surface area contributed by atoms with Crippen molar-refractivity contribution in [3.05, 3.63) is 64.7 Å². The summed E-state index contributed by atoms with van der Waals surface area (Å²) >= 11 is 6.02. The third-order valence-corrected chi connectivity index (χ3v) is 4.89. The molecule has 2 aromatic rings. The summed E-state index contributed by atoms with van der Waals surface area (Å²) in [5, 5.41) is 5.45. The van der Waals surface area contributed by atoms with Crippen molar-refractivity contribution in [2.24, 2.45) is 5.92 Å². The number of halogens is 3. The van der Waals surface area contributed by atoms with Gasteiger partial charge in [-0.05, 0) is 42.2 Å². The SMILES string of the molecule is CC(C)[C@H](NC(=O)c1ccccc1Cl)C(=O)OCC(=O)NCCc1ccc(OC(F)F)cc1. The molecule has 10 heteroatoms. The Hall–Kier alpha value is -3.20. The van der Waals surface area contributed by atoms with E-state index >= 15 is 0 Å². The number of carbonyl (C=O) groups is 3. The smallest absolute Gasteiger partial charge is 0.387 e. The zero-order valence-corrected chi connectivity index (χ0v) is 18.9. The van der Waals surface area contributed by atoms with Gasteiger partial charge in [-0.25, -0.2) is 4.79 Å². The minimum absolute atomic E-state index is 0.0473. The average molecular weight is 483 g/mol. The second-order valence-electron chi connectivity index (χ2n) is 7.41. The lowest BCUT2D eigenvalue weighted by Crippen LogP contribution is -2.46. The number of alkyl halides is 2. The van der Waals surface area contributed by atoms with Crippen LogP contribution >= 0.6 is 11.6 Å². The molecule has 2 amide bonds. The molecule has 0 saturated heterocycles. The minimum Gasteiger partial charge on any atom is -0.454 e. The highest BCUT2D eigenvalue weighted by Gasteiger charge is 2.27. The lowest BCUT2D eigenvalue weighted by atomic mass is 10.0. The molecule has 0 heterocycles. The van der Waals surface area contributed by atoms with Crippen LogP contribution in [0.2, 0.25) is 5.02 Å². The number of carbonyl (C=O) groups excluding carboxylic acids is 3. The van der Waals surface area contributed by atoms with Gasteiger partial charge in [0, 0.05) is 6.54 Å². The van der Waals surface area contributed by atoms with Crippen molar-refractivity contribution in [2.45, 2.75) is 32.9 Å². The number of hydrogen-bond acceptors (Lipinski definition) is 5. The number of benzene rings is 2. The van der Waals surface area contributed by atoms with Crippen molar-refractivity contribution in [3.8, 4) is 5.75 Å². The van der Waals surface area contributed by atoms with E-state index in [-0.39, 0.29) is 28.8 Å². The number of hydrogen-bond donors (Lipinski definition) is 2. The molecule has 0 bridgehead atoms. The molecule has 0 aliphatic rings. The van der Waals surface area contributed by atoms with Gasteiger partial charge in [-0.1, -0.05) is 49.7 Å². The molecule has 0 aliphatic carbocycles. The lowest BCUT2D eigenvalue weighted by molar-refractivity contribution is -0.151. The fraction of sp³-hybridized carbons (Fsp3) is 0.348. The normalized spacial score (nSPS) is 11.7. The summed E-state index contributed by atoms with van der Waals surface area (Å²) in [5.41, 5.74) is 1.03. The van der Waals surface area contributed by atoms with Crippen molar-refractivity contribution in [1.82, 2.24) is 10.6 Å². The van der Waals surface area contributed by atoms with Crippen LogP contribution in [0.3, 0.4) is 0 Å². The Kier molecular flexibility index (Phi) is 10.1. The van der Waals surface area contributed by atoms with Crippen LogP contribution in [0.15, 0.2) is 48.5 Å². The molecule has 33 heavy (non-hydrogen) atoms. The van der Waals surface area contributed by atoms with E-state index in [1.807, 2.05) is 0 Å². The van der Waals surface area contributed by atoms with Crippen molar-refractivity contribution in [3.63, 3.8) is 0 Å². The van der Waals surface area contributed by atoms with E-state index in [0.717, 1.165) is 5.56 Å². The Morgan fingerprint density at radius 2 is 1.70 bits per heavy atom. The van der Waals surface area contributed by atoms with Gasteiger partial charge >= 0.3 is 12.6 Å². The summed E-state index contributed by atoms with van der Waals surface area (Å²) in [6.45, 7) is 0.318. The zero-order chi connectivity index (χ0) is 24.4. The Morgan fingerprint density at radius 1 is 1.03 bits per heavy atom. The molecule has 1 atom stereocenters. The van der Waals surface area contributed by atoms with Crippen LogP contribution in [-0.2, 0) is 20.7 Å². The average Bonchev–Trinajstić information content (AvgIpc) is 2.76. The summed E-state index contributed by atoms with van der Waals surface area (Å²) in [7, 11) is 0. The monoisotopic (exact) mass is 482 g/mol. The summed E-state index contributed by atoms with van der Waals surface area (Å²) < 4.78 is 33.7. The Bertz CT molecular complexity index is 954. The maximum absolute atomic E-state index is 12.4. The molecule has 0 unspecified atom stereocenters. The van der Waals surface area contributed by atoms with Crippen molar-refractivity contribution >= 4 is 29.4 Å². The topological polar surface area (TPSA) is 93.7 Å². The Morgan fingerprint density at radius 3 is 2.30 bits per heavy atom. The van der Waals surface area contributed by atoms with Gasteiger partial charge in [0.15, 0.2) is 6.61 Å². The molecule has 7 nitrogen and oxygen atoms in total. The van der Waals surface area contributed by atoms with Gasteiger partial charge in [0.25, 0.3) is 11.8 Å². The number of ether oxygens (including phenoxy) is 2. The van der Waals surface area contributed by atoms with Crippen LogP contribution in [0.25, 0.3) is 0 Å². The van der Waals surface area contributed by atoms with Gasteiger partial charge in [-0.3, -0.25) is 9.59 Å². The molecular weight excluding hydrogens is 458 g/mol. The van der Waals surface area contributed by atoms with E-state index in [1.165, 1.54) is 18.2 Å². The van der Waals surface area contributed by atoms with Crippen LogP contribution in [0.4, 0.5) is 8.78 Å². The molecule has 2 N–H and O–H groups in total. The predicted octanol–water partition coefficient (Wildman–Crippen LogP) is 3.60. The first-order valence-electron chi connectivity index (χ1n) is 10.2. The fourth-order valence-corrected chi connectivity index (χ4v) is 3.04. The quantitative estimate of drug-likeness (QED) is 0.477. The van der Waals surface area contributed by atoms with Gasteiger partial charge in [0.05, 0.1) is 10.6 Å². The molecule has 0 fully saturated rings. The first-order chi connectivity index (χ1) is 15.7. The standard InChI is InChI=1S/C23H25ClF2N2O5/c1-14(2)20(28-21(30)17-5-3-4-6-18(17)24)22(31)32-13-19(29)27-12-11-15-7-9-16(10-8-15)33-23(25)26/h3-10,14,20,23H,11-13H2,1-2H3,(H,27,29)(H,28,30)/t20-/m0/s1. The molecule has 0 aliphatic heterocycles. The van der Waals surface area contributed by atoms with Gasteiger partial charge in [0.2, 0.25) is 0 Å². The zero-order valence-electron chi connectivity index (χ0n) is 18.1. The second kappa shape index (κ2) is 12.7. The highest BCUT2D eigenvalue weighted by Crippen LogP contribution is 2.16. The number of amides is 2. The van der Waals surface area contributed by atoms with E-state index in [0.29, 0.717) is 6.42 Å². The molecule has 2 aromatic carbocycles. The third kappa shape index (κ3) is 8.69. The maximum atomic E-state index is 12.4. The van der Waals surface area contributed by atoms with Crippen LogP contribution in [-0.4, -0.2) is 43.6 Å². The summed E-state index contributed by atoms with van der Waals surface area (Å²) in [5.74, 6) is -2.02. The molecule has 178 valence electrons. The molecule has 0 saturated carbocycles. The number of rotatable bonds is 11. The Labute approximate surface area is 195 Å². The molecule has 0 spiro atoms.